The number of pyridine rings is 1. The van der Waals surface area contributed by atoms with E-state index in [1.165, 1.54) is 75.9 Å². The third-order valence-corrected chi connectivity index (χ3v) is 8.35. The lowest BCUT2D eigenvalue weighted by Gasteiger charge is -2.19. The molecule has 0 spiro atoms. The van der Waals surface area contributed by atoms with Gasteiger partial charge in [-0.3, -0.25) is 14.9 Å². The van der Waals surface area contributed by atoms with E-state index in [-0.39, 0.29) is 11.2 Å². The van der Waals surface area contributed by atoms with E-state index in [2.05, 4.69) is 39.3 Å². The summed E-state index contributed by atoms with van der Waals surface area (Å²) in [7, 11) is 0. The fourth-order valence-corrected chi connectivity index (χ4v) is 6.06. The minimum Gasteiger partial charge on any atom is -0.324 e. The predicted molar refractivity (Wildman–Crippen MR) is 149 cm³/mol. The van der Waals surface area contributed by atoms with Crippen molar-refractivity contribution in [1.82, 2.24) is 20.2 Å². The first-order chi connectivity index (χ1) is 17.2. The zero-order chi connectivity index (χ0) is 24.7. The molecule has 0 bridgehead atoms. The number of hydrogen-bond acceptors (Lipinski definition) is 6. The van der Waals surface area contributed by atoms with Crippen LogP contribution in [0.4, 0.5) is 5.69 Å². The minimum atomic E-state index is -0.0436. The molecule has 0 saturated carbocycles. The topological polar surface area (TPSA) is 83.6 Å². The number of aromatic nitrogens is 4. The molecule has 0 fully saturated rings. The minimum absolute atomic E-state index is 0.0436. The summed E-state index contributed by atoms with van der Waals surface area (Å²) in [6.45, 7) is 4.47. The van der Waals surface area contributed by atoms with Gasteiger partial charge in [0, 0.05) is 16.5 Å². The van der Waals surface area contributed by atoms with Crippen LogP contribution in [0.1, 0.15) is 84.5 Å². The number of benzene rings is 1. The SMILES string of the molecule is CCCCCCCCC(SCCCCCC)C(=O)Nc1c(Sc2ncn[nH]2)ccc2ncccc12. The van der Waals surface area contributed by atoms with Gasteiger partial charge in [0.15, 0.2) is 5.16 Å². The van der Waals surface area contributed by atoms with Crippen LogP contribution in [0.2, 0.25) is 0 Å². The molecule has 0 aliphatic carbocycles. The first-order valence-corrected chi connectivity index (χ1v) is 14.9. The van der Waals surface area contributed by atoms with Crippen molar-refractivity contribution in [3.05, 3.63) is 36.8 Å². The second kappa shape index (κ2) is 15.8. The van der Waals surface area contributed by atoms with Crippen LogP contribution in [-0.4, -0.2) is 37.1 Å². The maximum absolute atomic E-state index is 13.6. The molecule has 2 aromatic heterocycles. The number of carbonyl (C=O) groups is 1. The van der Waals surface area contributed by atoms with Crippen molar-refractivity contribution >= 4 is 46.0 Å². The van der Waals surface area contributed by atoms with E-state index < -0.39 is 0 Å². The number of nitrogens with one attached hydrogen (secondary N) is 2. The smallest absolute Gasteiger partial charge is 0.237 e. The van der Waals surface area contributed by atoms with Gasteiger partial charge in [-0.25, -0.2) is 4.98 Å². The lowest BCUT2D eigenvalue weighted by atomic mass is 10.1. The monoisotopic (exact) mass is 513 g/mol. The molecule has 1 unspecified atom stereocenters. The third-order valence-electron chi connectivity index (χ3n) is 6.02. The van der Waals surface area contributed by atoms with Crippen LogP contribution in [0.15, 0.2) is 46.8 Å². The van der Waals surface area contributed by atoms with Crippen molar-refractivity contribution in [3.8, 4) is 0 Å². The van der Waals surface area contributed by atoms with Crippen LogP contribution in [0.3, 0.4) is 0 Å². The summed E-state index contributed by atoms with van der Waals surface area (Å²) in [5.74, 6) is 1.12. The van der Waals surface area contributed by atoms with Gasteiger partial charge in [0.05, 0.1) is 16.5 Å². The molecular weight excluding hydrogens is 474 g/mol. The number of nitrogens with zero attached hydrogens (tertiary/aromatic N) is 3. The van der Waals surface area contributed by atoms with Crippen molar-refractivity contribution in [1.29, 1.82) is 0 Å². The Bertz CT molecular complexity index is 1010. The van der Waals surface area contributed by atoms with Crippen LogP contribution < -0.4 is 5.32 Å². The molecule has 0 saturated heterocycles. The van der Waals surface area contributed by atoms with Crippen LogP contribution in [0, 0.1) is 0 Å². The summed E-state index contributed by atoms with van der Waals surface area (Å²) in [5.41, 5.74) is 1.67. The largest absolute Gasteiger partial charge is 0.324 e. The highest BCUT2D eigenvalue weighted by Crippen LogP contribution is 2.37. The Labute approximate surface area is 218 Å². The van der Waals surface area contributed by atoms with Crippen LogP contribution >= 0.6 is 23.5 Å². The highest BCUT2D eigenvalue weighted by Gasteiger charge is 2.21. The first-order valence-electron chi connectivity index (χ1n) is 13.1. The summed E-state index contributed by atoms with van der Waals surface area (Å²) in [6, 6.07) is 7.92. The zero-order valence-corrected chi connectivity index (χ0v) is 22.7. The van der Waals surface area contributed by atoms with Gasteiger partial charge >= 0.3 is 0 Å². The Hall–Kier alpha value is -2.06. The Morgan fingerprint density at radius 3 is 2.51 bits per heavy atom. The summed E-state index contributed by atoms with van der Waals surface area (Å²) >= 11 is 3.29. The molecule has 6 nitrogen and oxygen atoms in total. The molecule has 1 aromatic carbocycles. The summed E-state index contributed by atoms with van der Waals surface area (Å²) in [5, 5.41) is 11.7. The fraction of sp³-hybridized carbons (Fsp3) is 0.556. The molecule has 2 N–H and O–H groups in total. The number of thioether (sulfide) groups is 1. The normalized spacial score (nSPS) is 12.2. The van der Waals surface area contributed by atoms with Crippen molar-refractivity contribution in [2.75, 3.05) is 11.1 Å². The molecular formula is C27H39N5OS2. The number of H-pyrrole nitrogens is 1. The third kappa shape index (κ3) is 9.15. The highest BCUT2D eigenvalue weighted by atomic mass is 32.2. The van der Waals surface area contributed by atoms with Crippen LogP contribution in [0.25, 0.3) is 10.9 Å². The van der Waals surface area contributed by atoms with Gasteiger partial charge in [-0.15, -0.1) is 11.8 Å². The van der Waals surface area contributed by atoms with Crippen molar-refractivity contribution < 1.29 is 4.79 Å². The number of amides is 1. The number of aromatic amines is 1. The quantitative estimate of drug-likeness (QED) is 0.179. The van der Waals surface area contributed by atoms with Gasteiger partial charge in [-0.1, -0.05) is 71.6 Å². The van der Waals surface area contributed by atoms with Gasteiger partial charge < -0.3 is 5.32 Å². The summed E-state index contributed by atoms with van der Waals surface area (Å²) in [4.78, 5) is 23.3. The molecule has 0 aliphatic rings. The molecule has 190 valence electrons. The second-order valence-corrected chi connectivity index (χ2v) is 11.2. The van der Waals surface area contributed by atoms with E-state index in [0.717, 1.165) is 40.1 Å². The Morgan fingerprint density at radius 1 is 0.971 bits per heavy atom. The number of hydrogen-bond donors (Lipinski definition) is 2. The maximum Gasteiger partial charge on any atom is 0.237 e. The van der Waals surface area contributed by atoms with Crippen molar-refractivity contribution in [2.45, 2.75) is 99.8 Å². The van der Waals surface area contributed by atoms with Gasteiger partial charge in [0.1, 0.15) is 6.33 Å². The molecule has 1 atom stereocenters. The number of fused-ring (bicyclic) bond motifs is 1. The van der Waals surface area contributed by atoms with E-state index in [4.69, 9.17) is 0 Å². The summed E-state index contributed by atoms with van der Waals surface area (Å²) in [6.07, 6.45) is 16.5. The van der Waals surface area contributed by atoms with E-state index in [1.54, 1.807) is 6.20 Å². The lowest BCUT2D eigenvalue weighted by Crippen LogP contribution is -2.26. The predicted octanol–water partition coefficient (Wildman–Crippen LogP) is 7.88. The Balaban J connectivity index is 1.72. The molecule has 8 heteroatoms. The lowest BCUT2D eigenvalue weighted by molar-refractivity contribution is -0.115. The van der Waals surface area contributed by atoms with Gasteiger partial charge in [-0.2, -0.15) is 5.10 Å². The highest BCUT2D eigenvalue weighted by molar-refractivity contribution is 8.00. The van der Waals surface area contributed by atoms with Gasteiger partial charge in [-0.05, 0) is 54.6 Å². The molecule has 35 heavy (non-hydrogen) atoms. The molecule has 0 radical (unpaired) electrons. The Morgan fingerprint density at radius 2 is 1.74 bits per heavy atom. The van der Waals surface area contributed by atoms with Crippen LogP contribution in [0.5, 0.6) is 0 Å². The molecule has 2 heterocycles. The fourth-order valence-electron chi connectivity index (χ4n) is 4.05. The Kier molecular flexibility index (Phi) is 12.5. The summed E-state index contributed by atoms with van der Waals surface area (Å²) < 4.78 is 0. The average molecular weight is 514 g/mol. The maximum atomic E-state index is 13.6. The van der Waals surface area contributed by atoms with Gasteiger partial charge in [0.2, 0.25) is 5.91 Å². The molecule has 3 rings (SSSR count). The molecule has 3 aromatic rings. The first kappa shape index (κ1) is 27.5. The second-order valence-electron chi connectivity index (χ2n) is 8.87. The van der Waals surface area contributed by atoms with Crippen molar-refractivity contribution in [2.24, 2.45) is 0 Å². The van der Waals surface area contributed by atoms with E-state index in [0.29, 0.717) is 5.16 Å². The zero-order valence-electron chi connectivity index (χ0n) is 21.1. The van der Waals surface area contributed by atoms with E-state index >= 15 is 0 Å². The number of unbranched alkanes of at least 4 members (excludes halogenated alkanes) is 8. The standard InChI is InChI=1S/C27H39N5OS2/c1-3-5-7-9-10-11-15-24(34-19-12-8-6-4-2)26(33)31-25-21-14-13-18-28-22(21)16-17-23(25)35-27-29-20-30-32-27/h13-14,16-18,20,24H,3-12,15,19H2,1-2H3,(H,31,33)(H,29,30,32). The molecule has 1 amide bonds. The van der Waals surface area contributed by atoms with Crippen molar-refractivity contribution in [3.63, 3.8) is 0 Å². The number of rotatable bonds is 17. The van der Waals surface area contributed by atoms with Gasteiger partial charge in [0.25, 0.3) is 0 Å². The molecule has 0 aliphatic heterocycles. The van der Waals surface area contributed by atoms with Crippen LogP contribution in [-0.2, 0) is 4.79 Å². The number of carbonyl (C=O) groups excluding carboxylic acids is 1. The van der Waals surface area contributed by atoms with E-state index in [1.807, 2.05) is 36.0 Å². The average Bonchev–Trinajstić information content (AvgIpc) is 3.39. The number of anilines is 1. The van der Waals surface area contributed by atoms with E-state index in [9.17, 15) is 4.79 Å².